The van der Waals surface area contributed by atoms with Crippen molar-refractivity contribution in [3.05, 3.63) is 45.2 Å². The van der Waals surface area contributed by atoms with Gasteiger partial charge in [-0.05, 0) is 49.2 Å². The van der Waals surface area contributed by atoms with Gasteiger partial charge in [0.2, 0.25) is 0 Å². The van der Waals surface area contributed by atoms with Crippen molar-refractivity contribution in [1.82, 2.24) is 15.2 Å². The molecule has 1 heterocycles. The number of hydrogen-bond acceptors (Lipinski definition) is 3. The Bertz CT molecular complexity index is 814. The van der Waals surface area contributed by atoms with Crippen molar-refractivity contribution in [3.63, 3.8) is 0 Å². The average Bonchev–Trinajstić information content (AvgIpc) is 2.56. The number of H-pyrrole nitrogens is 1. The van der Waals surface area contributed by atoms with E-state index in [4.69, 9.17) is 12.2 Å². The predicted molar refractivity (Wildman–Crippen MR) is 107 cm³/mol. The fourth-order valence-electron chi connectivity index (χ4n) is 2.72. The van der Waals surface area contributed by atoms with Gasteiger partial charge in [0.05, 0.1) is 18.7 Å². The van der Waals surface area contributed by atoms with E-state index in [1.165, 1.54) is 0 Å². The van der Waals surface area contributed by atoms with Crippen LogP contribution in [0.5, 0.6) is 0 Å². The van der Waals surface area contributed by atoms with Crippen LogP contribution in [0.15, 0.2) is 23.0 Å². The second kappa shape index (κ2) is 8.45. The molecule has 2 rings (SSSR count). The summed E-state index contributed by atoms with van der Waals surface area (Å²) in [6.45, 7) is 9.71. The number of rotatable bonds is 6. The Morgan fingerprint density at radius 3 is 2.64 bits per heavy atom. The van der Waals surface area contributed by atoms with Gasteiger partial charge in [-0.3, -0.25) is 4.79 Å². The molecule has 6 heteroatoms. The van der Waals surface area contributed by atoms with Crippen molar-refractivity contribution in [2.45, 2.75) is 34.2 Å². The first-order chi connectivity index (χ1) is 11.8. The Morgan fingerprint density at radius 1 is 1.32 bits per heavy atom. The van der Waals surface area contributed by atoms with Crippen LogP contribution in [0.4, 0.5) is 0 Å². The van der Waals surface area contributed by atoms with Crippen LogP contribution in [0, 0.1) is 19.8 Å². The number of benzene rings is 1. The zero-order valence-electron chi connectivity index (χ0n) is 15.3. The van der Waals surface area contributed by atoms with E-state index in [1.807, 2.05) is 30.9 Å². The molecule has 5 nitrogen and oxygen atoms in total. The van der Waals surface area contributed by atoms with Crippen LogP contribution in [-0.4, -0.2) is 39.8 Å². The quantitative estimate of drug-likeness (QED) is 0.690. The van der Waals surface area contributed by atoms with Crippen LogP contribution in [0.3, 0.4) is 0 Å². The molecule has 3 N–H and O–H groups in total. The van der Waals surface area contributed by atoms with Crippen molar-refractivity contribution in [1.29, 1.82) is 0 Å². The first-order valence-corrected chi connectivity index (χ1v) is 9.00. The third-order valence-electron chi connectivity index (χ3n) is 4.20. The van der Waals surface area contributed by atoms with Crippen LogP contribution in [0.1, 0.15) is 30.5 Å². The monoisotopic (exact) mass is 361 g/mol. The fraction of sp³-hybridized carbons (Fsp3) is 0.474. The highest BCUT2D eigenvalue weighted by molar-refractivity contribution is 7.80. The van der Waals surface area contributed by atoms with E-state index in [2.05, 4.69) is 30.2 Å². The lowest BCUT2D eigenvalue weighted by Crippen LogP contribution is -2.43. The molecule has 0 saturated heterocycles. The van der Waals surface area contributed by atoms with Gasteiger partial charge in [0.25, 0.3) is 5.56 Å². The summed E-state index contributed by atoms with van der Waals surface area (Å²) in [5.74, 6) is 0.462. The number of fused-ring (bicyclic) bond motifs is 1. The number of aromatic nitrogens is 1. The highest BCUT2D eigenvalue weighted by Crippen LogP contribution is 2.20. The summed E-state index contributed by atoms with van der Waals surface area (Å²) in [7, 11) is 0. The van der Waals surface area contributed by atoms with Gasteiger partial charge in [-0.1, -0.05) is 26.0 Å². The summed E-state index contributed by atoms with van der Waals surface area (Å²) >= 11 is 5.44. The van der Waals surface area contributed by atoms with Crippen LogP contribution >= 0.6 is 12.2 Å². The van der Waals surface area contributed by atoms with Gasteiger partial charge in [0.1, 0.15) is 0 Å². The summed E-state index contributed by atoms with van der Waals surface area (Å²) in [5, 5.41) is 14.1. The highest BCUT2D eigenvalue weighted by Gasteiger charge is 2.14. The molecule has 0 aliphatic carbocycles. The Kier molecular flexibility index (Phi) is 6.56. The molecule has 25 heavy (non-hydrogen) atoms. The number of aliphatic hydroxyl groups is 1. The molecular weight excluding hydrogens is 334 g/mol. The van der Waals surface area contributed by atoms with Gasteiger partial charge in [-0.25, -0.2) is 0 Å². The molecule has 136 valence electrons. The Balaban J connectivity index is 2.32. The lowest BCUT2D eigenvalue weighted by Gasteiger charge is -2.25. The van der Waals surface area contributed by atoms with Crippen molar-refractivity contribution in [3.8, 4) is 0 Å². The average molecular weight is 362 g/mol. The SMILES string of the molecule is Cc1ccc(C)c2[nH]c(=O)c(CN(CCO)C(=S)NCC(C)C)cc12. The summed E-state index contributed by atoms with van der Waals surface area (Å²) in [4.78, 5) is 17.3. The largest absolute Gasteiger partial charge is 0.395 e. The summed E-state index contributed by atoms with van der Waals surface area (Å²) in [6, 6.07) is 6.00. The fourth-order valence-corrected chi connectivity index (χ4v) is 2.96. The van der Waals surface area contributed by atoms with Gasteiger partial charge in [-0.15, -0.1) is 0 Å². The van der Waals surface area contributed by atoms with E-state index < -0.39 is 0 Å². The smallest absolute Gasteiger partial charge is 0.253 e. The number of nitrogens with one attached hydrogen (secondary N) is 2. The molecule has 0 fully saturated rings. The minimum absolute atomic E-state index is 0.0207. The summed E-state index contributed by atoms with van der Waals surface area (Å²) in [5.41, 5.74) is 3.57. The predicted octanol–water partition coefficient (Wildman–Crippen LogP) is 2.47. The highest BCUT2D eigenvalue weighted by atomic mass is 32.1. The Morgan fingerprint density at radius 2 is 2.00 bits per heavy atom. The van der Waals surface area contributed by atoms with Crippen LogP contribution in [0.2, 0.25) is 0 Å². The Hall–Kier alpha value is -1.92. The zero-order valence-corrected chi connectivity index (χ0v) is 16.2. The number of thiocarbonyl (C=S) groups is 1. The summed E-state index contributed by atoms with van der Waals surface area (Å²) < 4.78 is 0. The number of aromatic amines is 1. The lowest BCUT2D eigenvalue weighted by atomic mass is 10.0. The van der Waals surface area contributed by atoms with Crippen LogP contribution in [-0.2, 0) is 6.54 Å². The minimum atomic E-state index is -0.115. The van der Waals surface area contributed by atoms with E-state index in [9.17, 15) is 9.90 Å². The first kappa shape index (κ1) is 19.4. The number of aryl methyl sites for hydroxylation is 2. The van der Waals surface area contributed by atoms with E-state index in [0.29, 0.717) is 29.7 Å². The van der Waals surface area contributed by atoms with Crippen molar-refractivity contribution >= 4 is 28.2 Å². The molecule has 0 unspecified atom stereocenters. The topological polar surface area (TPSA) is 68.4 Å². The standard InChI is InChI=1S/C19H27N3O2S/c1-12(2)10-20-19(25)22(7-8-23)11-15-9-16-13(3)5-6-14(4)17(16)21-18(15)24/h5-6,9,12,23H,7-8,10-11H2,1-4H3,(H,20,25)(H,21,24). The summed E-state index contributed by atoms with van der Waals surface area (Å²) in [6.07, 6.45) is 0. The maximum Gasteiger partial charge on any atom is 0.253 e. The van der Waals surface area contributed by atoms with Crippen LogP contribution in [0.25, 0.3) is 10.9 Å². The van der Waals surface area contributed by atoms with E-state index in [0.717, 1.165) is 28.6 Å². The normalized spacial score (nSPS) is 11.1. The number of hydrogen-bond donors (Lipinski definition) is 3. The molecule has 0 spiro atoms. The number of pyridine rings is 1. The molecule has 2 aromatic rings. The molecule has 1 aromatic heterocycles. The second-order valence-corrected chi connectivity index (χ2v) is 7.22. The maximum absolute atomic E-state index is 12.5. The number of nitrogens with zero attached hydrogens (tertiary/aromatic N) is 1. The molecule has 0 aliphatic heterocycles. The molecule has 0 bridgehead atoms. The third kappa shape index (κ3) is 4.80. The molecule has 0 saturated carbocycles. The molecule has 1 aromatic carbocycles. The van der Waals surface area contributed by atoms with Crippen molar-refractivity contribution < 1.29 is 5.11 Å². The number of aliphatic hydroxyl groups excluding tert-OH is 1. The van der Waals surface area contributed by atoms with Gasteiger partial charge >= 0.3 is 0 Å². The van der Waals surface area contributed by atoms with Gasteiger partial charge in [-0.2, -0.15) is 0 Å². The van der Waals surface area contributed by atoms with Crippen LogP contribution < -0.4 is 10.9 Å². The zero-order chi connectivity index (χ0) is 18.6. The van der Waals surface area contributed by atoms with E-state index in [1.54, 1.807) is 0 Å². The lowest BCUT2D eigenvalue weighted by molar-refractivity contribution is 0.245. The van der Waals surface area contributed by atoms with Gasteiger partial charge < -0.3 is 20.3 Å². The molecule has 0 radical (unpaired) electrons. The first-order valence-electron chi connectivity index (χ1n) is 8.59. The minimum Gasteiger partial charge on any atom is -0.395 e. The molecular formula is C19H27N3O2S. The van der Waals surface area contributed by atoms with E-state index >= 15 is 0 Å². The maximum atomic E-state index is 12.5. The van der Waals surface area contributed by atoms with Crippen molar-refractivity contribution in [2.24, 2.45) is 5.92 Å². The Labute approximate surface area is 154 Å². The third-order valence-corrected chi connectivity index (χ3v) is 4.60. The molecule has 0 amide bonds. The van der Waals surface area contributed by atoms with Gasteiger partial charge in [0.15, 0.2) is 5.11 Å². The van der Waals surface area contributed by atoms with Gasteiger partial charge in [0, 0.05) is 24.0 Å². The van der Waals surface area contributed by atoms with Crippen molar-refractivity contribution in [2.75, 3.05) is 19.7 Å². The molecule has 0 atom stereocenters. The second-order valence-electron chi connectivity index (χ2n) is 6.84. The molecule has 0 aliphatic rings. The van der Waals surface area contributed by atoms with E-state index in [-0.39, 0.29) is 12.2 Å².